The van der Waals surface area contributed by atoms with Crippen LogP contribution in [0.1, 0.15) is 90.8 Å². The second-order valence-corrected chi connectivity index (χ2v) is 16.4. The topological polar surface area (TPSA) is 156 Å². The van der Waals surface area contributed by atoms with E-state index in [0.29, 0.717) is 19.4 Å². The van der Waals surface area contributed by atoms with Gasteiger partial charge in [-0.05, 0) is 50.5 Å². The summed E-state index contributed by atoms with van der Waals surface area (Å²) in [6, 6.07) is 8.15. The van der Waals surface area contributed by atoms with Gasteiger partial charge in [0.15, 0.2) is 0 Å². The molecule has 1 saturated heterocycles. The van der Waals surface area contributed by atoms with Gasteiger partial charge in [-0.1, -0.05) is 71.4 Å². The van der Waals surface area contributed by atoms with Crippen molar-refractivity contribution in [2.45, 2.75) is 117 Å². The van der Waals surface area contributed by atoms with Crippen molar-refractivity contribution < 1.29 is 28.7 Å². The van der Waals surface area contributed by atoms with Crippen LogP contribution in [-0.2, 0) is 35.1 Å². The van der Waals surface area contributed by atoms with E-state index >= 15 is 0 Å². The molecule has 0 bridgehead atoms. The Kier molecular flexibility index (Phi) is 16.9. The maximum atomic E-state index is 14.2. The summed E-state index contributed by atoms with van der Waals surface area (Å²) in [5.41, 5.74) is 6.11. The number of amides is 4. The van der Waals surface area contributed by atoms with Gasteiger partial charge in [0.05, 0.1) is 48.1 Å². The largest absolute Gasteiger partial charge is 0.379 e. The zero-order chi connectivity index (χ0) is 39.5. The van der Waals surface area contributed by atoms with Crippen LogP contribution >= 0.6 is 11.3 Å². The maximum absolute atomic E-state index is 14.2. The van der Waals surface area contributed by atoms with Gasteiger partial charge in [-0.15, -0.1) is 11.3 Å². The van der Waals surface area contributed by atoms with Gasteiger partial charge < -0.3 is 35.6 Å². The number of nitrogens with two attached hydrogens (primary N) is 1. The second kappa shape index (κ2) is 20.3. The highest BCUT2D eigenvalue weighted by Crippen LogP contribution is 2.30. The van der Waals surface area contributed by atoms with Crippen LogP contribution < -0.4 is 16.4 Å². The van der Waals surface area contributed by atoms with E-state index in [1.54, 1.807) is 46.2 Å². The third-order valence-corrected chi connectivity index (χ3v) is 11.8. The van der Waals surface area contributed by atoms with Crippen LogP contribution in [-0.4, -0.2) is 103 Å². The number of benzene rings is 1. The number of likely N-dealkylation sites (N-methyl/N-ethyl adjacent to an activating group) is 1. The molecule has 1 aliphatic heterocycles. The molecule has 4 N–H and O–H groups in total. The van der Waals surface area contributed by atoms with Gasteiger partial charge in [-0.25, -0.2) is 4.98 Å². The fourth-order valence-corrected chi connectivity index (χ4v) is 7.92. The molecule has 296 valence electrons. The zero-order valence-electron chi connectivity index (χ0n) is 33.5. The fraction of sp³-hybridized carbons (Fsp3) is 0.675. The normalized spacial score (nSPS) is 18.8. The minimum atomic E-state index is -0.834. The first kappa shape index (κ1) is 44.0. The van der Waals surface area contributed by atoms with E-state index in [4.69, 9.17) is 15.2 Å². The first-order valence-electron chi connectivity index (χ1n) is 19.0. The molecule has 8 atom stereocenters. The lowest BCUT2D eigenvalue weighted by Crippen LogP contribution is -2.59. The van der Waals surface area contributed by atoms with E-state index in [9.17, 15) is 19.2 Å². The molecule has 2 heterocycles. The van der Waals surface area contributed by atoms with Crippen molar-refractivity contribution in [3.05, 3.63) is 52.5 Å². The van der Waals surface area contributed by atoms with E-state index in [-0.39, 0.29) is 60.5 Å². The van der Waals surface area contributed by atoms with Gasteiger partial charge in [0.1, 0.15) is 11.0 Å². The average Bonchev–Trinajstić information content (AvgIpc) is 3.87. The smallest absolute Gasteiger partial charge is 0.245 e. The molecule has 4 amide bonds. The minimum Gasteiger partial charge on any atom is -0.379 e. The number of nitrogens with zero attached hydrogens (tertiary/aromatic N) is 3. The van der Waals surface area contributed by atoms with Gasteiger partial charge in [0, 0.05) is 45.9 Å². The number of thiazole rings is 1. The number of hydrogen-bond acceptors (Lipinski definition) is 9. The first-order valence-corrected chi connectivity index (χ1v) is 19.9. The van der Waals surface area contributed by atoms with Gasteiger partial charge in [-0.3, -0.25) is 19.2 Å². The predicted octanol–water partition coefficient (Wildman–Crippen LogP) is 4.59. The number of carbonyl (C=O) groups is 4. The molecule has 2 aromatic rings. The number of carbonyl (C=O) groups excluding carboxylic acids is 4. The summed E-state index contributed by atoms with van der Waals surface area (Å²) in [4.78, 5) is 63.3. The van der Waals surface area contributed by atoms with Crippen molar-refractivity contribution in [3.63, 3.8) is 0 Å². The fourth-order valence-electron chi connectivity index (χ4n) is 7.23. The van der Waals surface area contributed by atoms with Crippen LogP contribution in [0.5, 0.6) is 0 Å². The predicted molar refractivity (Wildman–Crippen MR) is 209 cm³/mol. The third-order valence-electron chi connectivity index (χ3n) is 11.0. The highest BCUT2D eigenvalue weighted by molar-refractivity contribution is 7.09. The lowest BCUT2D eigenvalue weighted by molar-refractivity contribution is -0.148. The molecule has 1 aromatic carbocycles. The molecule has 0 radical (unpaired) electrons. The van der Waals surface area contributed by atoms with Crippen LogP contribution in [0, 0.1) is 23.2 Å². The number of likely N-dealkylation sites (tertiary alicyclic amines) is 1. The Morgan fingerprint density at radius 2 is 1.75 bits per heavy atom. The molecule has 1 fully saturated rings. The summed E-state index contributed by atoms with van der Waals surface area (Å²) < 4.78 is 12.0. The van der Waals surface area contributed by atoms with Crippen molar-refractivity contribution in [2.24, 2.45) is 28.9 Å². The SMILES string of the molecule is CC[C@H](C)[C@@H]([C@@H](CC(=O)N1CCC[C@H]1[C@H](OC)[C@@H](C)C(=O)N[C@@H](Cc1ccccc1)c1nccs1)OC)N(C)C(=O)[C@@H](NC(=O)C(C)(C)CN)C(C)C. The third kappa shape index (κ3) is 11.3. The molecule has 0 aliphatic carbocycles. The molecule has 1 aromatic heterocycles. The van der Waals surface area contributed by atoms with Crippen molar-refractivity contribution in [3.8, 4) is 0 Å². The molecule has 3 rings (SSSR count). The van der Waals surface area contributed by atoms with Crippen LogP contribution in [0.3, 0.4) is 0 Å². The monoisotopic (exact) mass is 756 g/mol. The minimum absolute atomic E-state index is 0.0165. The van der Waals surface area contributed by atoms with Crippen molar-refractivity contribution >= 4 is 35.0 Å². The highest BCUT2D eigenvalue weighted by atomic mass is 32.1. The summed E-state index contributed by atoms with van der Waals surface area (Å²) in [5, 5.41) is 8.90. The Labute approximate surface area is 320 Å². The molecular formula is C40H64N6O6S. The van der Waals surface area contributed by atoms with Gasteiger partial charge >= 0.3 is 0 Å². The van der Waals surface area contributed by atoms with Crippen molar-refractivity contribution in [1.29, 1.82) is 0 Å². The summed E-state index contributed by atoms with van der Waals surface area (Å²) in [6.45, 7) is 13.9. The first-order chi connectivity index (χ1) is 25.1. The molecule has 0 spiro atoms. The van der Waals surface area contributed by atoms with Gasteiger partial charge in [0.2, 0.25) is 23.6 Å². The Balaban J connectivity index is 1.78. The Morgan fingerprint density at radius 3 is 2.30 bits per heavy atom. The number of ether oxygens (including phenoxy) is 2. The average molecular weight is 757 g/mol. The number of nitrogens with one attached hydrogen (secondary N) is 2. The Morgan fingerprint density at radius 1 is 1.08 bits per heavy atom. The highest BCUT2D eigenvalue weighted by Gasteiger charge is 2.43. The summed E-state index contributed by atoms with van der Waals surface area (Å²) in [6.07, 6.45) is 3.44. The molecule has 1 aliphatic rings. The van der Waals surface area contributed by atoms with E-state index in [0.717, 1.165) is 23.4 Å². The summed E-state index contributed by atoms with van der Waals surface area (Å²) in [7, 11) is 4.88. The van der Waals surface area contributed by atoms with E-state index in [1.165, 1.54) is 11.3 Å². The number of rotatable bonds is 20. The van der Waals surface area contributed by atoms with E-state index < -0.39 is 35.6 Å². The Hall–Kier alpha value is -3.39. The molecule has 0 unspecified atom stereocenters. The van der Waals surface area contributed by atoms with Crippen LogP contribution in [0.25, 0.3) is 0 Å². The van der Waals surface area contributed by atoms with Gasteiger partial charge in [-0.2, -0.15) is 0 Å². The molecule has 53 heavy (non-hydrogen) atoms. The van der Waals surface area contributed by atoms with E-state index in [1.807, 2.05) is 75.2 Å². The molecule has 12 nitrogen and oxygen atoms in total. The van der Waals surface area contributed by atoms with Crippen molar-refractivity contribution in [2.75, 3.05) is 34.4 Å². The lowest BCUT2D eigenvalue weighted by Gasteiger charge is -2.41. The van der Waals surface area contributed by atoms with Crippen LogP contribution in [0.4, 0.5) is 0 Å². The standard InChI is InChI=1S/C40H64N6O6S/c1-11-26(4)34(45(8)38(49)33(25(2)3)44-39(50)40(6,7)24-41)31(51-9)23-32(47)46-20-15-18-30(46)35(52-10)27(5)36(48)43-29(37-42-19-21-53-37)22-28-16-13-12-14-17-28/h12-14,16-17,19,21,25-27,29-31,33-35H,11,15,18,20,22-24,41H2,1-10H3,(H,43,48)(H,44,50)/t26-,27+,29-,30-,31+,33-,34-,35+/m0/s1. The zero-order valence-corrected chi connectivity index (χ0v) is 34.3. The van der Waals surface area contributed by atoms with Crippen molar-refractivity contribution in [1.82, 2.24) is 25.4 Å². The van der Waals surface area contributed by atoms with Crippen LogP contribution in [0.2, 0.25) is 0 Å². The molecule has 13 heteroatoms. The number of methoxy groups -OCH3 is 2. The maximum Gasteiger partial charge on any atom is 0.245 e. The molecule has 0 saturated carbocycles. The van der Waals surface area contributed by atoms with Gasteiger partial charge in [0.25, 0.3) is 0 Å². The molecular weight excluding hydrogens is 693 g/mol. The quantitative estimate of drug-likeness (QED) is 0.177. The number of aromatic nitrogens is 1. The number of hydrogen-bond donors (Lipinski definition) is 3. The van der Waals surface area contributed by atoms with Crippen LogP contribution in [0.15, 0.2) is 41.9 Å². The summed E-state index contributed by atoms with van der Waals surface area (Å²) in [5.74, 6) is -1.58. The Bertz CT molecular complexity index is 1460. The summed E-state index contributed by atoms with van der Waals surface area (Å²) >= 11 is 1.50. The second-order valence-electron chi connectivity index (χ2n) is 15.5. The lowest BCUT2D eigenvalue weighted by atomic mass is 9.88. The van der Waals surface area contributed by atoms with E-state index in [2.05, 4.69) is 15.6 Å².